The predicted molar refractivity (Wildman–Crippen MR) is 93.8 cm³/mol. The number of carbonyl (C=O) groups excluding carboxylic acids is 1. The molecule has 0 aromatic heterocycles. The molecule has 1 fully saturated rings. The SMILES string of the molecule is C=CS(=O)(=O)NC[C@H]1CCCN(C(=O)c2cc(Cl)ccc2OC)C1. The highest BCUT2D eigenvalue weighted by Gasteiger charge is 2.27. The van der Waals surface area contributed by atoms with E-state index >= 15 is 0 Å². The number of carbonyl (C=O) groups is 1. The quantitative estimate of drug-likeness (QED) is 0.831. The number of piperidine rings is 1. The van der Waals surface area contributed by atoms with Gasteiger partial charge in [-0.15, -0.1) is 0 Å². The molecule has 1 saturated heterocycles. The zero-order chi connectivity index (χ0) is 17.7. The Morgan fingerprint density at radius 2 is 2.29 bits per heavy atom. The fourth-order valence-electron chi connectivity index (χ4n) is 2.73. The number of nitrogens with zero attached hydrogens (tertiary/aromatic N) is 1. The number of nitrogens with one attached hydrogen (secondary N) is 1. The second-order valence-electron chi connectivity index (χ2n) is 5.66. The number of rotatable bonds is 6. The summed E-state index contributed by atoms with van der Waals surface area (Å²) in [6.07, 6.45) is 1.67. The molecular weight excluding hydrogens is 352 g/mol. The van der Waals surface area contributed by atoms with Gasteiger partial charge in [0, 0.05) is 30.1 Å². The summed E-state index contributed by atoms with van der Waals surface area (Å²) in [4.78, 5) is 14.5. The minimum atomic E-state index is -3.45. The molecule has 1 heterocycles. The van der Waals surface area contributed by atoms with E-state index < -0.39 is 10.0 Å². The summed E-state index contributed by atoms with van der Waals surface area (Å²) in [6.45, 7) is 4.65. The second kappa shape index (κ2) is 8.00. The molecule has 0 saturated carbocycles. The Morgan fingerprint density at radius 1 is 1.54 bits per heavy atom. The summed E-state index contributed by atoms with van der Waals surface area (Å²) in [5.74, 6) is 0.368. The summed E-state index contributed by atoms with van der Waals surface area (Å²) in [5.41, 5.74) is 0.414. The summed E-state index contributed by atoms with van der Waals surface area (Å²) in [5, 5.41) is 1.35. The Morgan fingerprint density at radius 3 is 2.96 bits per heavy atom. The molecule has 1 N–H and O–H groups in total. The van der Waals surface area contributed by atoms with Gasteiger partial charge in [-0.25, -0.2) is 13.1 Å². The number of hydrogen-bond donors (Lipinski definition) is 1. The maximum atomic E-state index is 12.8. The van der Waals surface area contributed by atoms with Crippen LogP contribution in [0.3, 0.4) is 0 Å². The first-order valence-corrected chi connectivity index (χ1v) is 9.53. The molecule has 6 nitrogen and oxygen atoms in total. The maximum Gasteiger partial charge on any atom is 0.257 e. The van der Waals surface area contributed by atoms with Crippen molar-refractivity contribution in [2.45, 2.75) is 12.8 Å². The topological polar surface area (TPSA) is 75.7 Å². The van der Waals surface area contributed by atoms with E-state index in [1.807, 2.05) is 0 Å². The minimum absolute atomic E-state index is 0.0580. The molecule has 1 amide bonds. The van der Waals surface area contributed by atoms with Gasteiger partial charge in [-0.3, -0.25) is 4.79 Å². The van der Waals surface area contributed by atoms with Gasteiger partial charge in [0.05, 0.1) is 12.7 Å². The molecule has 1 aliphatic heterocycles. The first-order valence-electron chi connectivity index (χ1n) is 7.61. The van der Waals surface area contributed by atoms with Crippen LogP contribution < -0.4 is 9.46 Å². The number of hydrogen-bond acceptors (Lipinski definition) is 4. The average Bonchev–Trinajstić information content (AvgIpc) is 2.59. The van der Waals surface area contributed by atoms with Gasteiger partial charge in [-0.2, -0.15) is 0 Å². The lowest BCUT2D eigenvalue weighted by Gasteiger charge is -2.33. The van der Waals surface area contributed by atoms with Crippen LogP contribution in [0.2, 0.25) is 5.02 Å². The molecular formula is C16H21ClN2O4S. The van der Waals surface area contributed by atoms with Crippen molar-refractivity contribution >= 4 is 27.5 Å². The van der Waals surface area contributed by atoms with Gasteiger partial charge in [-0.1, -0.05) is 18.2 Å². The van der Waals surface area contributed by atoms with Gasteiger partial charge in [-0.05, 0) is 37.0 Å². The van der Waals surface area contributed by atoms with Crippen molar-refractivity contribution in [3.8, 4) is 5.75 Å². The maximum absolute atomic E-state index is 12.8. The molecule has 1 aromatic carbocycles. The van der Waals surface area contributed by atoms with Gasteiger partial charge in [0.2, 0.25) is 10.0 Å². The Labute approximate surface area is 147 Å². The third-order valence-electron chi connectivity index (χ3n) is 3.99. The van der Waals surface area contributed by atoms with Crippen molar-refractivity contribution < 1.29 is 17.9 Å². The predicted octanol–water partition coefficient (Wildman–Crippen LogP) is 2.26. The first kappa shape index (κ1) is 18.8. The van der Waals surface area contributed by atoms with Crippen molar-refractivity contribution in [3.63, 3.8) is 0 Å². The van der Waals surface area contributed by atoms with Gasteiger partial charge in [0.15, 0.2) is 0 Å². The van der Waals surface area contributed by atoms with Crippen LogP contribution >= 0.6 is 11.6 Å². The van der Waals surface area contributed by atoms with Gasteiger partial charge in [0.1, 0.15) is 5.75 Å². The summed E-state index contributed by atoms with van der Waals surface area (Å²) >= 11 is 5.99. The number of methoxy groups -OCH3 is 1. The van der Waals surface area contributed by atoms with Crippen LogP contribution in [0.15, 0.2) is 30.2 Å². The Hall–Kier alpha value is -1.57. The third-order valence-corrected chi connectivity index (χ3v) is 5.23. The van der Waals surface area contributed by atoms with Crippen LogP contribution in [0.4, 0.5) is 0 Å². The number of amides is 1. The minimum Gasteiger partial charge on any atom is -0.496 e. The van der Waals surface area contributed by atoms with Crippen LogP contribution in [-0.2, 0) is 10.0 Å². The highest BCUT2D eigenvalue weighted by molar-refractivity contribution is 7.92. The number of halogens is 1. The van der Waals surface area contributed by atoms with Gasteiger partial charge in [0.25, 0.3) is 5.91 Å². The van der Waals surface area contributed by atoms with E-state index in [4.69, 9.17) is 16.3 Å². The standard InChI is InChI=1S/C16H21ClN2O4S/c1-3-24(21,22)18-10-12-5-4-8-19(11-12)16(20)14-9-13(17)6-7-15(14)23-2/h3,6-7,9,12,18H,1,4-5,8,10-11H2,2H3/t12-/m1/s1. The van der Waals surface area contributed by atoms with Crippen molar-refractivity contribution in [2.75, 3.05) is 26.7 Å². The van der Waals surface area contributed by atoms with Gasteiger partial charge < -0.3 is 9.64 Å². The van der Waals surface area contributed by atoms with Gasteiger partial charge >= 0.3 is 0 Å². The van der Waals surface area contributed by atoms with Crippen LogP contribution in [-0.4, -0.2) is 46.0 Å². The molecule has 2 rings (SSSR count). The van der Waals surface area contributed by atoms with Crippen LogP contribution in [0, 0.1) is 5.92 Å². The fraction of sp³-hybridized carbons (Fsp3) is 0.438. The molecule has 1 aliphatic rings. The Kier molecular flexibility index (Phi) is 6.26. The van der Waals surface area contributed by atoms with E-state index in [0.717, 1.165) is 18.2 Å². The molecule has 132 valence electrons. The van der Waals surface area contributed by atoms with Crippen LogP contribution in [0.1, 0.15) is 23.2 Å². The molecule has 1 aromatic rings. The Bertz CT molecular complexity index is 721. The lowest BCUT2D eigenvalue weighted by Crippen LogP contribution is -2.43. The lowest BCUT2D eigenvalue weighted by atomic mass is 9.97. The number of likely N-dealkylation sites (tertiary alicyclic amines) is 1. The normalized spacial score (nSPS) is 18.2. The van der Waals surface area contributed by atoms with E-state index in [1.165, 1.54) is 7.11 Å². The van der Waals surface area contributed by atoms with E-state index in [9.17, 15) is 13.2 Å². The molecule has 1 atom stereocenters. The first-order chi connectivity index (χ1) is 11.4. The number of benzene rings is 1. The highest BCUT2D eigenvalue weighted by atomic mass is 35.5. The zero-order valence-corrected chi connectivity index (χ0v) is 15.1. The summed E-state index contributed by atoms with van der Waals surface area (Å²) in [7, 11) is -1.95. The zero-order valence-electron chi connectivity index (χ0n) is 13.5. The second-order valence-corrected chi connectivity index (χ2v) is 7.81. The van der Waals surface area contributed by atoms with Crippen molar-refractivity contribution in [1.82, 2.24) is 9.62 Å². The van der Waals surface area contributed by atoms with Crippen molar-refractivity contribution in [1.29, 1.82) is 0 Å². The molecule has 24 heavy (non-hydrogen) atoms. The molecule has 0 spiro atoms. The van der Waals surface area contributed by atoms with E-state index in [0.29, 0.717) is 29.4 Å². The van der Waals surface area contributed by atoms with Crippen molar-refractivity contribution in [3.05, 3.63) is 40.8 Å². The fourth-order valence-corrected chi connectivity index (χ4v) is 3.48. The largest absolute Gasteiger partial charge is 0.496 e. The smallest absolute Gasteiger partial charge is 0.257 e. The molecule has 8 heteroatoms. The Balaban J connectivity index is 2.08. The van der Waals surface area contributed by atoms with E-state index in [-0.39, 0.29) is 18.4 Å². The summed E-state index contributed by atoms with van der Waals surface area (Å²) < 4.78 is 30.6. The summed E-state index contributed by atoms with van der Waals surface area (Å²) in [6, 6.07) is 4.92. The van der Waals surface area contributed by atoms with Crippen molar-refractivity contribution in [2.24, 2.45) is 5.92 Å². The third kappa shape index (κ3) is 4.72. The average molecular weight is 373 g/mol. The molecule has 0 unspecified atom stereocenters. The van der Waals surface area contributed by atoms with Crippen LogP contribution in [0.25, 0.3) is 0 Å². The highest BCUT2D eigenvalue weighted by Crippen LogP contribution is 2.26. The van der Waals surface area contributed by atoms with E-state index in [2.05, 4.69) is 11.3 Å². The molecule has 0 radical (unpaired) electrons. The number of ether oxygens (including phenoxy) is 1. The van der Waals surface area contributed by atoms with Crippen LogP contribution in [0.5, 0.6) is 5.75 Å². The monoisotopic (exact) mass is 372 g/mol. The number of sulfonamides is 1. The molecule has 0 bridgehead atoms. The lowest BCUT2D eigenvalue weighted by molar-refractivity contribution is 0.0673. The van der Waals surface area contributed by atoms with E-state index in [1.54, 1.807) is 23.1 Å². The molecule has 0 aliphatic carbocycles.